The van der Waals surface area contributed by atoms with Crippen LogP contribution in [0.25, 0.3) is 0 Å². The van der Waals surface area contributed by atoms with E-state index in [0.29, 0.717) is 32.4 Å². The average molecular weight is 874 g/mol. The molecule has 22 nitrogen and oxygen atoms in total. The van der Waals surface area contributed by atoms with E-state index in [0.717, 1.165) is 64.2 Å². The Morgan fingerprint density at radius 3 is 0.951 bits per heavy atom. The van der Waals surface area contributed by atoms with Crippen LogP contribution in [-0.2, 0) is 47.9 Å². The number of nitrogens with one attached hydrogen (secondary N) is 6. The Morgan fingerprint density at radius 2 is 0.623 bits per heavy atom. The quantitative estimate of drug-likeness (QED) is 0.0232. The van der Waals surface area contributed by atoms with Crippen LogP contribution in [0.15, 0.2) is 0 Å². The van der Waals surface area contributed by atoms with Crippen LogP contribution in [0.2, 0.25) is 0 Å². The smallest absolute Gasteiger partial charge is 0.326 e. The number of carboxylic acids is 5. The molecule has 0 saturated carbocycles. The minimum atomic E-state index is -1.61. The zero-order valence-corrected chi connectivity index (χ0v) is 34.9. The minimum Gasteiger partial charge on any atom is -0.481 e. The summed E-state index contributed by atoms with van der Waals surface area (Å²) in [5.74, 6) is -5.00. The molecule has 0 aromatic carbocycles. The van der Waals surface area contributed by atoms with Gasteiger partial charge >= 0.3 is 29.8 Å². The molecule has 13 N–H and O–H groups in total. The summed E-state index contributed by atoms with van der Waals surface area (Å²) in [5, 5.41) is 58.4. The maximum atomic E-state index is 12.6. The van der Waals surface area contributed by atoms with Crippen LogP contribution in [-0.4, -0.2) is 122 Å². The van der Waals surface area contributed by atoms with Crippen molar-refractivity contribution >= 4 is 59.4 Å². The Kier molecular flexibility index (Phi) is 31.3. The van der Waals surface area contributed by atoms with Crippen LogP contribution in [0.5, 0.6) is 0 Å². The number of unbranched alkanes of at least 4 members (excludes halogenated alkanes) is 11. The van der Waals surface area contributed by atoms with Gasteiger partial charge in [0.1, 0.15) is 24.2 Å². The van der Waals surface area contributed by atoms with Crippen LogP contribution < -0.4 is 37.9 Å². The lowest BCUT2D eigenvalue weighted by molar-refractivity contribution is -0.144. The average Bonchev–Trinajstić information content (AvgIpc) is 3.19. The van der Waals surface area contributed by atoms with E-state index in [1.165, 1.54) is 0 Å². The first kappa shape index (κ1) is 55.6. The number of carboxylic acid groups (broad SMARTS) is 5. The molecular weight excluding hydrogens is 806 g/mol. The van der Waals surface area contributed by atoms with Crippen LogP contribution >= 0.6 is 0 Å². The summed E-state index contributed by atoms with van der Waals surface area (Å²) in [6.45, 7) is 1.01. The number of rotatable bonds is 39. The molecule has 61 heavy (non-hydrogen) atoms. The van der Waals surface area contributed by atoms with Gasteiger partial charge in [-0.1, -0.05) is 57.8 Å². The first-order valence-electron chi connectivity index (χ1n) is 21.0. The van der Waals surface area contributed by atoms with Gasteiger partial charge in [0.2, 0.25) is 29.5 Å². The largest absolute Gasteiger partial charge is 0.481 e. The molecular formula is C39H67N7O15. The molecule has 0 bridgehead atoms. The van der Waals surface area contributed by atoms with Crippen molar-refractivity contribution in [1.29, 1.82) is 0 Å². The molecule has 0 saturated heterocycles. The molecule has 0 aromatic rings. The van der Waals surface area contributed by atoms with Gasteiger partial charge in [0.05, 0.1) is 0 Å². The molecule has 348 valence electrons. The summed E-state index contributed by atoms with van der Waals surface area (Å²) < 4.78 is 0. The normalized spacial score (nSPS) is 12.8. The second-order valence-electron chi connectivity index (χ2n) is 14.8. The second kappa shape index (κ2) is 34.3. The van der Waals surface area contributed by atoms with E-state index in [1.54, 1.807) is 0 Å². The van der Waals surface area contributed by atoms with Crippen molar-refractivity contribution < 1.29 is 73.5 Å². The second-order valence-corrected chi connectivity index (χ2v) is 14.8. The lowest BCUT2D eigenvalue weighted by Crippen LogP contribution is -2.45. The Balaban J connectivity index is 4.65. The van der Waals surface area contributed by atoms with Crippen molar-refractivity contribution in [3.05, 3.63) is 0 Å². The van der Waals surface area contributed by atoms with Gasteiger partial charge in [0, 0.05) is 51.6 Å². The van der Waals surface area contributed by atoms with Crippen molar-refractivity contribution in [3.63, 3.8) is 0 Å². The third-order valence-corrected chi connectivity index (χ3v) is 9.54. The van der Waals surface area contributed by atoms with Gasteiger partial charge in [-0.15, -0.1) is 0 Å². The molecule has 0 aliphatic carbocycles. The number of aliphatic carboxylic acids is 5. The van der Waals surface area contributed by atoms with Crippen LogP contribution in [0, 0.1) is 0 Å². The number of hydrogen-bond donors (Lipinski definition) is 12. The summed E-state index contributed by atoms with van der Waals surface area (Å²) in [4.78, 5) is 119. The Bertz CT molecular complexity index is 1410. The molecule has 0 fully saturated rings. The highest BCUT2D eigenvalue weighted by Gasteiger charge is 2.27. The zero-order valence-electron chi connectivity index (χ0n) is 34.9. The van der Waals surface area contributed by atoms with Gasteiger partial charge < -0.3 is 52.1 Å². The molecule has 0 aromatic heterocycles. The third-order valence-electron chi connectivity index (χ3n) is 9.54. The predicted octanol–water partition coefficient (Wildman–Crippen LogP) is 0.900. The van der Waals surface area contributed by atoms with Crippen LogP contribution in [0.1, 0.15) is 148 Å². The van der Waals surface area contributed by atoms with E-state index >= 15 is 0 Å². The highest BCUT2D eigenvalue weighted by molar-refractivity contribution is 5.88. The summed E-state index contributed by atoms with van der Waals surface area (Å²) in [5.41, 5.74) is 2.52. The van der Waals surface area contributed by atoms with Crippen molar-refractivity contribution in [2.45, 2.75) is 172 Å². The fraction of sp³-hybridized carbons (Fsp3) is 0.744. The monoisotopic (exact) mass is 873 g/mol. The molecule has 0 radical (unpaired) electrons. The SMILES string of the molecule is NNCCCCCNC(=O)CC[C@H](NC(=O)CC[C@H](NC(=O)CC[C@H](NC(=O)CC[C@H](NC(=O)CCCCCCCCCCCCC(=O)O)C(=O)O)C(=O)O)C(=O)O)C(=O)O. The Labute approximate surface area is 355 Å². The molecule has 0 aliphatic heterocycles. The molecule has 4 atom stereocenters. The number of hydrogen-bond acceptors (Lipinski definition) is 12. The summed E-state index contributed by atoms with van der Waals surface area (Å²) in [7, 11) is 0. The van der Waals surface area contributed by atoms with E-state index in [4.69, 9.17) is 10.9 Å². The maximum absolute atomic E-state index is 12.6. The summed E-state index contributed by atoms with van der Waals surface area (Å²) in [6.07, 6.45) is 8.18. The number of amides is 5. The van der Waals surface area contributed by atoms with Crippen molar-refractivity contribution in [1.82, 2.24) is 32.0 Å². The first-order chi connectivity index (χ1) is 29.0. The third kappa shape index (κ3) is 31.2. The Morgan fingerprint density at radius 1 is 0.344 bits per heavy atom. The lowest BCUT2D eigenvalue weighted by atomic mass is 10.0. The van der Waals surface area contributed by atoms with Gasteiger partial charge in [-0.25, -0.2) is 19.2 Å². The topological polar surface area (TPSA) is 370 Å². The summed E-state index contributed by atoms with van der Waals surface area (Å²) >= 11 is 0. The molecule has 0 aliphatic rings. The van der Waals surface area contributed by atoms with Gasteiger partial charge in [-0.2, -0.15) is 0 Å². The van der Waals surface area contributed by atoms with Gasteiger partial charge in [-0.3, -0.25) is 40.0 Å². The summed E-state index contributed by atoms with van der Waals surface area (Å²) in [6, 6.07) is -6.07. The highest BCUT2D eigenvalue weighted by Crippen LogP contribution is 2.13. The lowest BCUT2D eigenvalue weighted by Gasteiger charge is -2.18. The molecule has 22 heteroatoms. The van der Waals surface area contributed by atoms with E-state index in [2.05, 4.69) is 32.0 Å². The number of hydrazine groups is 1. The van der Waals surface area contributed by atoms with Gasteiger partial charge in [0.15, 0.2) is 0 Å². The van der Waals surface area contributed by atoms with Crippen molar-refractivity contribution in [3.8, 4) is 0 Å². The van der Waals surface area contributed by atoms with Gasteiger partial charge in [0.25, 0.3) is 0 Å². The molecule has 0 heterocycles. The van der Waals surface area contributed by atoms with Crippen molar-refractivity contribution in [2.24, 2.45) is 5.84 Å². The van der Waals surface area contributed by atoms with E-state index in [9.17, 15) is 68.4 Å². The van der Waals surface area contributed by atoms with Crippen LogP contribution in [0.3, 0.4) is 0 Å². The van der Waals surface area contributed by atoms with Gasteiger partial charge in [-0.05, 0) is 51.4 Å². The molecule has 5 amide bonds. The fourth-order valence-electron chi connectivity index (χ4n) is 6.02. The molecule has 0 rings (SSSR count). The highest BCUT2D eigenvalue weighted by atomic mass is 16.4. The maximum Gasteiger partial charge on any atom is 0.326 e. The fourth-order valence-corrected chi connectivity index (χ4v) is 6.02. The first-order valence-corrected chi connectivity index (χ1v) is 21.0. The standard InChI is InChI=1S/C39H67N7O15/c40-42-25-13-9-12-24-41-30(47)20-16-26(36(54)55)44-32(49)22-18-28(38(58)59)46-34(51)23-19-29(39(60)61)45-33(50)21-17-27(37(56)57)43-31(48)14-10-7-5-3-1-2-4-6-8-11-15-35(52)53/h26-29,42H,1-25,40H2,(H,41,47)(H,43,48)(H,44,49)(H,45,50)(H,46,51)(H,52,53)(H,54,55)(H,56,57)(H,58,59)(H,60,61)/t26-,27-,28-,29-/m0/s1. The van der Waals surface area contributed by atoms with Crippen LogP contribution in [0.4, 0.5) is 0 Å². The molecule has 0 spiro atoms. The van der Waals surface area contributed by atoms with Crippen molar-refractivity contribution in [2.75, 3.05) is 13.1 Å². The molecule has 0 unspecified atom stereocenters. The number of carbonyl (C=O) groups is 10. The minimum absolute atomic E-state index is 0.0844. The zero-order chi connectivity index (χ0) is 46.0. The van der Waals surface area contributed by atoms with E-state index in [1.807, 2.05) is 0 Å². The predicted molar refractivity (Wildman–Crippen MR) is 217 cm³/mol. The number of nitrogens with two attached hydrogens (primary N) is 1. The van der Waals surface area contributed by atoms with E-state index in [-0.39, 0.29) is 32.1 Å². The van der Waals surface area contributed by atoms with E-state index < -0.39 is 116 Å². The number of carbonyl (C=O) groups excluding carboxylic acids is 5. The Hall–Kier alpha value is -5.38.